The lowest BCUT2D eigenvalue weighted by Crippen LogP contribution is -2.33. The summed E-state index contributed by atoms with van der Waals surface area (Å²) in [4.78, 5) is 22.6. The maximum absolute atomic E-state index is 13.1. The van der Waals surface area contributed by atoms with Gasteiger partial charge >= 0.3 is 5.97 Å². The Bertz CT molecular complexity index is 488. The molecule has 2 N–H and O–H groups in total. The van der Waals surface area contributed by atoms with Gasteiger partial charge in [0.25, 0.3) is 5.91 Å². The lowest BCUT2D eigenvalue weighted by atomic mass is 10.1. The van der Waals surface area contributed by atoms with Gasteiger partial charge in [0, 0.05) is 6.04 Å². The highest BCUT2D eigenvalue weighted by Crippen LogP contribution is 2.15. The lowest BCUT2D eigenvalue weighted by molar-refractivity contribution is 0.0689. The average Bonchev–Trinajstić information content (AvgIpc) is 2.31. The molecule has 1 unspecified atom stereocenters. The third-order valence-electron chi connectivity index (χ3n) is 2.53. The number of aromatic carboxylic acids is 1. The van der Waals surface area contributed by atoms with Crippen molar-refractivity contribution in [2.24, 2.45) is 0 Å². The number of amides is 1. The molecule has 0 bridgehead atoms. The van der Waals surface area contributed by atoms with Crippen LogP contribution in [-0.4, -0.2) is 23.0 Å². The fourth-order valence-corrected chi connectivity index (χ4v) is 1.32. The Morgan fingerprint density at radius 2 is 1.78 bits per heavy atom. The van der Waals surface area contributed by atoms with E-state index in [9.17, 15) is 18.4 Å². The molecular weight excluding hydrogens is 244 g/mol. The monoisotopic (exact) mass is 257 g/mol. The number of nitrogens with one attached hydrogen (secondary N) is 1. The number of carboxylic acids is 1. The van der Waals surface area contributed by atoms with Crippen LogP contribution in [0.25, 0.3) is 0 Å². The topological polar surface area (TPSA) is 66.4 Å². The Morgan fingerprint density at radius 3 is 2.22 bits per heavy atom. The van der Waals surface area contributed by atoms with E-state index in [1.165, 1.54) is 0 Å². The molecule has 4 nitrogen and oxygen atoms in total. The molecule has 1 aromatic carbocycles. The largest absolute Gasteiger partial charge is 0.478 e. The minimum absolute atomic E-state index is 0.188. The number of halogens is 2. The summed E-state index contributed by atoms with van der Waals surface area (Å²) >= 11 is 0. The summed E-state index contributed by atoms with van der Waals surface area (Å²) in [5.74, 6) is -4.77. The first kappa shape index (κ1) is 14.1. The first-order valence-corrected chi connectivity index (χ1v) is 5.40. The fourth-order valence-electron chi connectivity index (χ4n) is 1.32. The molecule has 1 rings (SSSR count). The van der Waals surface area contributed by atoms with E-state index in [2.05, 4.69) is 5.32 Å². The highest BCUT2D eigenvalue weighted by atomic mass is 19.2. The molecule has 0 aromatic heterocycles. The standard InChI is InChI=1S/C12H13F2NO3/c1-3-6(2)15-11(16)7-4-9(13)10(14)5-8(7)12(17)18/h4-6H,3H2,1-2H3,(H,15,16)(H,17,18). The van der Waals surface area contributed by atoms with Crippen molar-refractivity contribution >= 4 is 11.9 Å². The van der Waals surface area contributed by atoms with Crippen LogP contribution in [0, 0.1) is 11.6 Å². The second-order valence-corrected chi connectivity index (χ2v) is 3.90. The first-order valence-electron chi connectivity index (χ1n) is 5.40. The van der Waals surface area contributed by atoms with Gasteiger partial charge in [-0.2, -0.15) is 0 Å². The minimum atomic E-state index is -1.48. The van der Waals surface area contributed by atoms with E-state index in [4.69, 9.17) is 5.11 Å². The summed E-state index contributed by atoms with van der Waals surface area (Å²) in [6.07, 6.45) is 0.637. The Balaban J connectivity index is 3.18. The Morgan fingerprint density at radius 1 is 1.28 bits per heavy atom. The van der Waals surface area contributed by atoms with E-state index < -0.39 is 29.1 Å². The van der Waals surface area contributed by atoms with Crippen LogP contribution in [0.3, 0.4) is 0 Å². The summed E-state index contributed by atoms with van der Waals surface area (Å²) in [5, 5.41) is 11.3. The van der Waals surface area contributed by atoms with Gasteiger partial charge in [0.2, 0.25) is 0 Å². The number of carboxylic acid groups (broad SMARTS) is 1. The zero-order valence-corrected chi connectivity index (χ0v) is 9.96. The van der Waals surface area contributed by atoms with Crippen molar-refractivity contribution in [3.05, 3.63) is 34.9 Å². The second kappa shape index (κ2) is 5.57. The number of hydrogen-bond donors (Lipinski definition) is 2. The van der Waals surface area contributed by atoms with Gasteiger partial charge in [0.15, 0.2) is 11.6 Å². The highest BCUT2D eigenvalue weighted by molar-refractivity contribution is 6.04. The van der Waals surface area contributed by atoms with Gasteiger partial charge < -0.3 is 10.4 Å². The van der Waals surface area contributed by atoms with Crippen molar-refractivity contribution in [3.63, 3.8) is 0 Å². The number of hydrogen-bond acceptors (Lipinski definition) is 2. The van der Waals surface area contributed by atoms with Crippen molar-refractivity contribution < 1.29 is 23.5 Å². The molecule has 0 spiro atoms. The van der Waals surface area contributed by atoms with Crippen molar-refractivity contribution in [1.29, 1.82) is 0 Å². The quantitative estimate of drug-likeness (QED) is 0.868. The first-order chi connectivity index (χ1) is 8.36. The molecule has 0 heterocycles. The van der Waals surface area contributed by atoms with Gasteiger partial charge in [-0.05, 0) is 25.5 Å². The Labute approximate surface area is 103 Å². The molecule has 18 heavy (non-hydrogen) atoms. The van der Waals surface area contributed by atoms with Crippen LogP contribution in [0.2, 0.25) is 0 Å². The van der Waals surface area contributed by atoms with Crippen LogP contribution in [-0.2, 0) is 0 Å². The van der Waals surface area contributed by atoms with Crippen molar-refractivity contribution in [2.75, 3.05) is 0 Å². The van der Waals surface area contributed by atoms with E-state index in [1.807, 2.05) is 6.92 Å². The molecule has 0 aliphatic carbocycles. The van der Waals surface area contributed by atoms with Crippen LogP contribution in [0.4, 0.5) is 8.78 Å². The van der Waals surface area contributed by atoms with Crippen LogP contribution < -0.4 is 5.32 Å². The van der Waals surface area contributed by atoms with Gasteiger partial charge in [-0.15, -0.1) is 0 Å². The van der Waals surface area contributed by atoms with E-state index in [0.29, 0.717) is 18.6 Å². The van der Waals surface area contributed by atoms with Crippen LogP contribution >= 0.6 is 0 Å². The van der Waals surface area contributed by atoms with Gasteiger partial charge in [0.05, 0.1) is 11.1 Å². The van der Waals surface area contributed by atoms with E-state index in [-0.39, 0.29) is 11.6 Å². The van der Waals surface area contributed by atoms with Gasteiger partial charge in [-0.3, -0.25) is 4.79 Å². The molecule has 0 saturated heterocycles. The lowest BCUT2D eigenvalue weighted by Gasteiger charge is -2.13. The molecular formula is C12H13F2NO3. The van der Waals surface area contributed by atoms with Crippen LogP contribution in [0.5, 0.6) is 0 Å². The molecule has 1 atom stereocenters. The summed E-state index contributed by atoms with van der Waals surface area (Å²) in [5.41, 5.74) is -0.948. The summed E-state index contributed by atoms with van der Waals surface area (Å²) in [6, 6.07) is 0.909. The van der Waals surface area contributed by atoms with Gasteiger partial charge in [-0.25, -0.2) is 13.6 Å². The SMILES string of the molecule is CCC(C)NC(=O)c1cc(F)c(F)cc1C(=O)O. The van der Waals surface area contributed by atoms with Crippen molar-refractivity contribution in [1.82, 2.24) is 5.32 Å². The molecule has 1 amide bonds. The maximum Gasteiger partial charge on any atom is 0.336 e. The van der Waals surface area contributed by atoms with E-state index in [0.717, 1.165) is 0 Å². The molecule has 0 aliphatic rings. The molecule has 0 aliphatic heterocycles. The van der Waals surface area contributed by atoms with Crippen LogP contribution in [0.15, 0.2) is 12.1 Å². The normalized spacial score (nSPS) is 12.0. The maximum atomic E-state index is 13.1. The smallest absolute Gasteiger partial charge is 0.336 e. The molecule has 1 aromatic rings. The van der Waals surface area contributed by atoms with Gasteiger partial charge in [0.1, 0.15) is 0 Å². The number of rotatable bonds is 4. The fraction of sp³-hybridized carbons (Fsp3) is 0.333. The van der Waals surface area contributed by atoms with E-state index in [1.54, 1.807) is 6.92 Å². The highest BCUT2D eigenvalue weighted by Gasteiger charge is 2.21. The molecule has 0 saturated carbocycles. The second-order valence-electron chi connectivity index (χ2n) is 3.90. The summed E-state index contributed by atoms with van der Waals surface area (Å²) in [6.45, 7) is 3.55. The van der Waals surface area contributed by atoms with E-state index >= 15 is 0 Å². The summed E-state index contributed by atoms with van der Waals surface area (Å²) < 4.78 is 26.0. The van der Waals surface area contributed by atoms with Gasteiger partial charge in [-0.1, -0.05) is 6.92 Å². The predicted octanol–water partition coefficient (Wildman–Crippen LogP) is 2.19. The van der Waals surface area contributed by atoms with Crippen molar-refractivity contribution in [2.45, 2.75) is 26.3 Å². The molecule has 6 heteroatoms. The third kappa shape index (κ3) is 3.03. The molecule has 98 valence electrons. The third-order valence-corrected chi connectivity index (χ3v) is 2.53. The Hall–Kier alpha value is -1.98. The number of carbonyl (C=O) groups excluding carboxylic acids is 1. The summed E-state index contributed by atoms with van der Waals surface area (Å²) in [7, 11) is 0. The van der Waals surface area contributed by atoms with Crippen molar-refractivity contribution in [3.8, 4) is 0 Å². The molecule has 0 fully saturated rings. The van der Waals surface area contributed by atoms with Crippen LogP contribution in [0.1, 0.15) is 41.0 Å². The zero-order chi connectivity index (χ0) is 13.9. The molecule has 0 radical (unpaired) electrons. The average molecular weight is 257 g/mol. The number of carbonyl (C=O) groups is 2. The predicted molar refractivity (Wildman–Crippen MR) is 60.5 cm³/mol. The minimum Gasteiger partial charge on any atom is -0.478 e. The number of benzene rings is 1. The Kier molecular flexibility index (Phi) is 4.36. The zero-order valence-electron chi connectivity index (χ0n) is 9.96.